The summed E-state index contributed by atoms with van der Waals surface area (Å²) in [6, 6.07) is 12.9. The molecule has 5 rings (SSSR count). The number of hydrogen-bond donors (Lipinski definition) is 0. The monoisotopic (exact) mass is 362 g/mol. The summed E-state index contributed by atoms with van der Waals surface area (Å²) in [6.45, 7) is 5.26. The van der Waals surface area contributed by atoms with Gasteiger partial charge in [-0.25, -0.2) is 0 Å². The molecule has 0 saturated carbocycles. The Labute approximate surface area is 158 Å². The van der Waals surface area contributed by atoms with Gasteiger partial charge in [-0.2, -0.15) is 0 Å². The second-order valence-corrected chi connectivity index (χ2v) is 8.44. The van der Waals surface area contributed by atoms with Crippen LogP contribution in [0.2, 0.25) is 0 Å². The average Bonchev–Trinajstić information content (AvgIpc) is 3.39. The molecule has 0 aromatic carbocycles. The van der Waals surface area contributed by atoms with Gasteiger partial charge in [0.15, 0.2) is 0 Å². The SMILES string of the molecule is c1cncc(CN2C[C@@]3(CCN(Cc4cccs4)C3)c3ncccc32)c1. The van der Waals surface area contributed by atoms with Crippen LogP contribution in [-0.2, 0) is 18.5 Å². The first-order chi connectivity index (χ1) is 12.8. The van der Waals surface area contributed by atoms with E-state index in [1.807, 2.05) is 36.0 Å². The van der Waals surface area contributed by atoms with Crippen molar-refractivity contribution in [2.75, 3.05) is 24.5 Å². The Bertz CT molecular complexity index is 880. The van der Waals surface area contributed by atoms with Crippen LogP contribution in [0.1, 0.15) is 22.6 Å². The molecule has 0 radical (unpaired) electrons. The van der Waals surface area contributed by atoms with Crippen molar-refractivity contribution in [3.63, 3.8) is 0 Å². The lowest BCUT2D eigenvalue weighted by molar-refractivity contribution is 0.307. The van der Waals surface area contributed by atoms with Gasteiger partial charge in [0.25, 0.3) is 0 Å². The van der Waals surface area contributed by atoms with Gasteiger partial charge < -0.3 is 4.90 Å². The molecule has 5 heteroatoms. The van der Waals surface area contributed by atoms with E-state index in [4.69, 9.17) is 4.98 Å². The summed E-state index contributed by atoms with van der Waals surface area (Å²) in [5.41, 5.74) is 4.01. The first-order valence-electron chi connectivity index (χ1n) is 9.17. The van der Waals surface area contributed by atoms with Crippen molar-refractivity contribution in [1.29, 1.82) is 0 Å². The van der Waals surface area contributed by atoms with Crippen molar-refractivity contribution in [3.8, 4) is 0 Å². The largest absolute Gasteiger partial charge is 0.365 e. The van der Waals surface area contributed by atoms with Crippen molar-refractivity contribution in [2.45, 2.75) is 24.9 Å². The number of hydrogen-bond acceptors (Lipinski definition) is 5. The fourth-order valence-corrected chi connectivity index (χ4v) is 5.22. The van der Waals surface area contributed by atoms with Gasteiger partial charge in [0.05, 0.1) is 11.4 Å². The lowest BCUT2D eigenvalue weighted by Gasteiger charge is -2.25. The number of pyridine rings is 2. The highest BCUT2D eigenvalue weighted by atomic mass is 32.1. The minimum Gasteiger partial charge on any atom is -0.365 e. The number of fused-ring (bicyclic) bond motifs is 2. The molecule has 3 aromatic rings. The third-order valence-electron chi connectivity index (χ3n) is 5.61. The lowest BCUT2D eigenvalue weighted by Crippen LogP contribution is -2.36. The zero-order valence-corrected chi connectivity index (χ0v) is 15.5. The first kappa shape index (κ1) is 16.0. The first-order valence-corrected chi connectivity index (χ1v) is 10.0. The zero-order chi connectivity index (χ0) is 17.4. The second-order valence-electron chi connectivity index (χ2n) is 7.41. The summed E-state index contributed by atoms with van der Waals surface area (Å²) < 4.78 is 0. The van der Waals surface area contributed by atoms with Crippen LogP contribution in [-0.4, -0.2) is 34.5 Å². The van der Waals surface area contributed by atoms with Gasteiger partial charge >= 0.3 is 0 Å². The molecule has 26 heavy (non-hydrogen) atoms. The lowest BCUT2D eigenvalue weighted by atomic mass is 9.85. The Kier molecular flexibility index (Phi) is 3.98. The number of nitrogens with zero attached hydrogens (tertiary/aromatic N) is 4. The number of thiophene rings is 1. The molecule has 5 heterocycles. The molecule has 4 nitrogen and oxygen atoms in total. The molecular formula is C21H22N4S. The smallest absolute Gasteiger partial charge is 0.0729 e. The highest BCUT2D eigenvalue weighted by molar-refractivity contribution is 7.09. The van der Waals surface area contributed by atoms with Crippen LogP contribution in [0, 0.1) is 0 Å². The van der Waals surface area contributed by atoms with Gasteiger partial charge in [-0.1, -0.05) is 12.1 Å². The maximum atomic E-state index is 4.84. The Morgan fingerprint density at radius 1 is 1.04 bits per heavy atom. The van der Waals surface area contributed by atoms with Crippen molar-refractivity contribution in [1.82, 2.24) is 14.9 Å². The molecule has 0 unspecified atom stereocenters. The van der Waals surface area contributed by atoms with Gasteiger partial charge in [-0.3, -0.25) is 14.9 Å². The van der Waals surface area contributed by atoms with Crippen LogP contribution in [0.15, 0.2) is 60.4 Å². The van der Waals surface area contributed by atoms with Crippen molar-refractivity contribution in [2.24, 2.45) is 0 Å². The van der Waals surface area contributed by atoms with E-state index in [0.717, 1.165) is 32.7 Å². The Balaban J connectivity index is 1.40. The van der Waals surface area contributed by atoms with E-state index in [9.17, 15) is 0 Å². The summed E-state index contributed by atoms with van der Waals surface area (Å²) in [7, 11) is 0. The van der Waals surface area contributed by atoms with E-state index in [2.05, 4.69) is 50.5 Å². The van der Waals surface area contributed by atoms with Crippen LogP contribution in [0.25, 0.3) is 0 Å². The maximum Gasteiger partial charge on any atom is 0.0729 e. The summed E-state index contributed by atoms with van der Waals surface area (Å²) in [5, 5.41) is 2.17. The molecule has 132 valence electrons. The molecule has 1 fully saturated rings. The van der Waals surface area contributed by atoms with E-state index in [-0.39, 0.29) is 5.41 Å². The zero-order valence-electron chi connectivity index (χ0n) is 14.7. The van der Waals surface area contributed by atoms with E-state index in [0.29, 0.717) is 0 Å². The van der Waals surface area contributed by atoms with Gasteiger partial charge in [-0.15, -0.1) is 11.3 Å². The number of aromatic nitrogens is 2. The van der Waals surface area contributed by atoms with Crippen molar-refractivity contribution < 1.29 is 0 Å². The fourth-order valence-electron chi connectivity index (χ4n) is 4.48. The summed E-state index contributed by atoms with van der Waals surface area (Å²) in [5.74, 6) is 0. The summed E-state index contributed by atoms with van der Waals surface area (Å²) in [4.78, 5) is 15.7. The fraction of sp³-hybridized carbons (Fsp3) is 0.333. The van der Waals surface area contributed by atoms with E-state index >= 15 is 0 Å². The molecule has 0 aliphatic carbocycles. The minimum absolute atomic E-state index is 0.163. The van der Waals surface area contributed by atoms with Gasteiger partial charge in [0.1, 0.15) is 0 Å². The van der Waals surface area contributed by atoms with Crippen LogP contribution < -0.4 is 4.90 Å². The van der Waals surface area contributed by atoms with E-state index in [1.54, 1.807) is 0 Å². The minimum atomic E-state index is 0.163. The molecule has 1 atom stereocenters. The molecule has 0 bridgehead atoms. The molecule has 3 aromatic heterocycles. The predicted octanol–water partition coefficient (Wildman–Crippen LogP) is 3.70. The molecule has 0 amide bonds. The standard InChI is InChI=1S/C21H22N4S/c1-4-17(12-22-8-1)13-25-16-21(20-19(25)6-2-9-23-20)7-10-24(15-21)14-18-5-3-11-26-18/h1-6,8-9,11-12H,7,10,13-16H2/t21-/m0/s1. The highest BCUT2D eigenvalue weighted by Gasteiger charge is 2.48. The molecular weight excluding hydrogens is 340 g/mol. The van der Waals surface area contributed by atoms with Crippen LogP contribution in [0.4, 0.5) is 5.69 Å². The Morgan fingerprint density at radius 2 is 2.00 bits per heavy atom. The molecule has 2 aliphatic rings. The number of anilines is 1. The van der Waals surface area contributed by atoms with Crippen molar-refractivity contribution >= 4 is 17.0 Å². The number of rotatable bonds is 4. The molecule has 1 saturated heterocycles. The van der Waals surface area contributed by atoms with Gasteiger partial charge in [-0.05, 0) is 48.2 Å². The normalized spacial score (nSPS) is 22.2. The summed E-state index contributed by atoms with van der Waals surface area (Å²) >= 11 is 1.85. The van der Waals surface area contributed by atoms with Gasteiger partial charge in [0.2, 0.25) is 0 Å². The van der Waals surface area contributed by atoms with E-state index in [1.165, 1.54) is 28.2 Å². The van der Waals surface area contributed by atoms with Crippen LogP contribution in [0.5, 0.6) is 0 Å². The van der Waals surface area contributed by atoms with Crippen LogP contribution in [0.3, 0.4) is 0 Å². The second kappa shape index (κ2) is 6.49. The average molecular weight is 363 g/mol. The molecule has 0 N–H and O–H groups in total. The predicted molar refractivity (Wildman–Crippen MR) is 105 cm³/mol. The third kappa shape index (κ3) is 2.81. The van der Waals surface area contributed by atoms with Crippen molar-refractivity contribution in [3.05, 3.63) is 76.5 Å². The molecule has 2 aliphatic heterocycles. The number of likely N-dealkylation sites (tertiary alicyclic amines) is 1. The van der Waals surface area contributed by atoms with E-state index < -0.39 is 0 Å². The highest BCUT2D eigenvalue weighted by Crippen LogP contribution is 2.45. The van der Waals surface area contributed by atoms with Crippen LogP contribution >= 0.6 is 11.3 Å². The Morgan fingerprint density at radius 3 is 2.85 bits per heavy atom. The van der Waals surface area contributed by atoms with Gasteiger partial charge in [0, 0.05) is 55.1 Å². The third-order valence-corrected chi connectivity index (χ3v) is 6.47. The summed E-state index contributed by atoms with van der Waals surface area (Å²) in [6.07, 6.45) is 6.95. The Hall–Kier alpha value is -2.24. The molecule has 1 spiro atoms. The quantitative estimate of drug-likeness (QED) is 0.708. The topological polar surface area (TPSA) is 32.3 Å². The maximum absolute atomic E-state index is 4.84.